The Hall–Kier alpha value is -2.42. The summed E-state index contributed by atoms with van der Waals surface area (Å²) in [5.41, 5.74) is 2.05. The fourth-order valence-electron chi connectivity index (χ4n) is 4.61. The molecule has 0 atom stereocenters. The zero-order chi connectivity index (χ0) is 22.9. The monoisotopic (exact) mass is 485 g/mol. The van der Waals surface area contributed by atoms with Gasteiger partial charge in [0.25, 0.3) is 5.91 Å². The molecular formula is C24H28ClN5O2S. The number of piperazine rings is 1. The van der Waals surface area contributed by atoms with Crippen LogP contribution in [0.5, 0.6) is 0 Å². The maximum Gasteiger partial charge on any atom is 0.264 e. The molecular weight excluding hydrogens is 458 g/mol. The average molecular weight is 486 g/mol. The lowest BCUT2D eigenvalue weighted by Gasteiger charge is -2.34. The van der Waals surface area contributed by atoms with Crippen molar-refractivity contribution in [2.45, 2.75) is 26.3 Å². The first kappa shape index (κ1) is 22.4. The number of halogens is 1. The van der Waals surface area contributed by atoms with Crippen molar-refractivity contribution in [3.8, 4) is 0 Å². The highest BCUT2D eigenvalue weighted by molar-refractivity contribution is 7.20. The molecule has 0 saturated carbocycles. The van der Waals surface area contributed by atoms with Gasteiger partial charge in [-0.25, -0.2) is 0 Å². The number of nitrogens with zero attached hydrogens (tertiary/aromatic N) is 5. The van der Waals surface area contributed by atoms with Gasteiger partial charge in [0.05, 0.1) is 23.7 Å². The predicted molar refractivity (Wildman–Crippen MR) is 131 cm³/mol. The van der Waals surface area contributed by atoms with Crippen LogP contribution in [0.4, 0.5) is 0 Å². The molecule has 3 aromatic rings. The van der Waals surface area contributed by atoms with E-state index in [0.717, 1.165) is 65.4 Å². The van der Waals surface area contributed by atoms with Gasteiger partial charge in [0, 0.05) is 49.7 Å². The molecule has 33 heavy (non-hydrogen) atoms. The van der Waals surface area contributed by atoms with Gasteiger partial charge in [-0.05, 0) is 43.5 Å². The molecule has 0 spiro atoms. The molecule has 2 aromatic heterocycles. The Bertz CT molecular complexity index is 1160. The topological polar surface area (TPSA) is 61.7 Å². The standard InChI is InChI=1S/C24H28ClN5O2S/c1-17-20-14-21(33-24(20)30(26-17)15-18-4-6-19(25)7-5-18)23(32)29-12-10-27(11-13-29)16-22(31)28-8-2-3-9-28/h4-7,14H,2-3,8-13,15-16H2,1H3. The van der Waals surface area contributed by atoms with Crippen molar-refractivity contribution < 1.29 is 9.59 Å². The number of carbonyl (C=O) groups is 2. The highest BCUT2D eigenvalue weighted by Crippen LogP contribution is 2.30. The van der Waals surface area contributed by atoms with Gasteiger partial charge in [0.2, 0.25) is 5.91 Å². The third kappa shape index (κ3) is 4.78. The SMILES string of the molecule is Cc1nn(Cc2ccc(Cl)cc2)c2sc(C(=O)N3CCN(CC(=O)N4CCCC4)CC3)cc12. The smallest absolute Gasteiger partial charge is 0.264 e. The highest BCUT2D eigenvalue weighted by Gasteiger charge is 2.27. The number of hydrogen-bond donors (Lipinski definition) is 0. The second-order valence-corrected chi connectivity index (χ2v) is 10.3. The van der Waals surface area contributed by atoms with Crippen molar-refractivity contribution in [1.29, 1.82) is 0 Å². The van der Waals surface area contributed by atoms with E-state index in [1.165, 1.54) is 11.3 Å². The molecule has 0 radical (unpaired) electrons. The van der Waals surface area contributed by atoms with Crippen LogP contribution in [-0.4, -0.2) is 82.1 Å². The Morgan fingerprint density at radius 1 is 1.00 bits per heavy atom. The van der Waals surface area contributed by atoms with E-state index in [4.69, 9.17) is 11.6 Å². The summed E-state index contributed by atoms with van der Waals surface area (Å²) in [6.45, 7) is 7.63. The number of aromatic nitrogens is 2. The minimum Gasteiger partial charge on any atom is -0.342 e. The number of aryl methyl sites for hydroxylation is 1. The van der Waals surface area contributed by atoms with E-state index in [9.17, 15) is 9.59 Å². The van der Waals surface area contributed by atoms with Crippen LogP contribution >= 0.6 is 22.9 Å². The minimum absolute atomic E-state index is 0.0687. The number of benzene rings is 1. The summed E-state index contributed by atoms with van der Waals surface area (Å²) in [5, 5.41) is 6.42. The molecule has 5 rings (SSSR count). The molecule has 1 aromatic carbocycles. The van der Waals surface area contributed by atoms with Crippen LogP contribution in [-0.2, 0) is 11.3 Å². The molecule has 0 bridgehead atoms. The Balaban J connectivity index is 1.23. The lowest BCUT2D eigenvalue weighted by molar-refractivity contribution is -0.131. The van der Waals surface area contributed by atoms with Gasteiger partial charge in [-0.3, -0.25) is 19.2 Å². The number of rotatable bonds is 5. The number of carbonyl (C=O) groups excluding carboxylic acids is 2. The molecule has 174 valence electrons. The van der Waals surface area contributed by atoms with Crippen LogP contribution in [0.2, 0.25) is 5.02 Å². The highest BCUT2D eigenvalue weighted by atomic mass is 35.5. The molecule has 7 nitrogen and oxygen atoms in total. The summed E-state index contributed by atoms with van der Waals surface area (Å²) in [7, 11) is 0. The van der Waals surface area contributed by atoms with E-state index >= 15 is 0 Å². The number of thiophene rings is 1. The summed E-state index contributed by atoms with van der Waals surface area (Å²) in [6, 6.07) is 9.74. The average Bonchev–Trinajstić information content (AvgIpc) is 3.55. The molecule has 9 heteroatoms. The van der Waals surface area contributed by atoms with Crippen LogP contribution in [0.3, 0.4) is 0 Å². The van der Waals surface area contributed by atoms with Crippen LogP contribution in [0.15, 0.2) is 30.3 Å². The molecule has 2 fully saturated rings. The Labute approximate surface area is 202 Å². The van der Waals surface area contributed by atoms with Gasteiger partial charge in [0.1, 0.15) is 4.83 Å². The van der Waals surface area contributed by atoms with Crippen molar-refractivity contribution >= 4 is 45.0 Å². The van der Waals surface area contributed by atoms with Crippen molar-refractivity contribution in [2.24, 2.45) is 0 Å². The number of amides is 2. The zero-order valence-electron chi connectivity index (χ0n) is 18.8. The Morgan fingerprint density at radius 3 is 2.39 bits per heavy atom. The molecule has 4 heterocycles. The predicted octanol–water partition coefficient (Wildman–Crippen LogP) is 3.49. The number of likely N-dealkylation sites (tertiary alicyclic amines) is 1. The van der Waals surface area contributed by atoms with Crippen LogP contribution in [0.25, 0.3) is 10.2 Å². The quantitative estimate of drug-likeness (QED) is 0.555. The van der Waals surface area contributed by atoms with E-state index in [1.54, 1.807) is 0 Å². The first-order valence-corrected chi connectivity index (χ1v) is 12.7. The summed E-state index contributed by atoms with van der Waals surface area (Å²) < 4.78 is 1.97. The first-order valence-electron chi connectivity index (χ1n) is 11.5. The van der Waals surface area contributed by atoms with Gasteiger partial charge >= 0.3 is 0 Å². The lowest BCUT2D eigenvalue weighted by atomic mass is 10.2. The maximum atomic E-state index is 13.2. The number of hydrogen-bond acceptors (Lipinski definition) is 5. The van der Waals surface area contributed by atoms with Crippen molar-refractivity contribution in [3.05, 3.63) is 51.5 Å². The van der Waals surface area contributed by atoms with E-state index in [2.05, 4.69) is 10.00 Å². The van der Waals surface area contributed by atoms with Crippen molar-refractivity contribution in [3.63, 3.8) is 0 Å². The van der Waals surface area contributed by atoms with E-state index in [1.807, 2.05) is 51.7 Å². The lowest BCUT2D eigenvalue weighted by Crippen LogP contribution is -2.51. The van der Waals surface area contributed by atoms with Crippen molar-refractivity contribution in [2.75, 3.05) is 45.8 Å². The Kier molecular flexibility index (Phi) is 6.40. The summed E-state index contributed by atoms with van der Waals surface area (Å²) >= 11 is 7.51. The van der Waals surface area contributed by atoms with Gasteiger partial charge in [-0.15, -0.1) is 11.3 Å². The van der Waals surface area contributed by atoms with Crippen LogP contribution in [0.1, 0.15) is 33.8 Å². The molecule has 2 aliphatic heterocycles. The van der Waals surface area contributed by atoms with Crippen LogP contribution < -0.4 is 0 Å². The van der Waals surface area contributed by atoms with Gasteiger partial charge in [-0.2, -0.15) is 5.10 Å². The largest absolute Gasteiger partial charge is 0.342 e. The fraction of sp³-hybridized carbons (Fsp3) is 0.458. The second-order valence-electron chi connectivity index (χ2n) is 8.86. The zero-order valence-corrected chi connectivity index (χ0v) is 20.4. The van der Waals surface area contributed by atoms with E-state index < -0.39 is 0 Å². The molecule has 2 saturated heterocycles. The van der Waals surface area contributed by atoms with E-state index in [-0.39, 0.29) is 11.8 Å². The number of fused-ring (bicyclic) bond motifs is 1. The second kappa shape index (κ2) is 9.44. The summed E-state index contributed by atoms with van der Waals surface area (Å²) in [5.74, 6) is 0.289. The summed E-state index contributed by atoms with van der Waals surface area (Å²) in [6.07, 6.45) is 2.22. The molecule has 0 aliphatic carbocycles. The van der Waals surface area contributed by atoms with E-state index in [0.29, 0.717) is 31.2 Å². The van der Waals surface area contributed by atoms with Crippen molar-refractivity contribution in [1.82, 2.24) is 24.5 Å². The minimum atomic E-state index is 0.0687. The Morgan fingerprint density at radius 2 is 1.70 bits per heavy atom. The van der Waals surface area contributed by atoms with Gasteiger partial charge in [-0.1, -0.05) is 23.7 Å². The summed E-state index contributed by atoms with van der Waals surface area (Å²) in [4.78, 5) is 33.4. The molecule has 2 aliphatic rings. The first-order chi connectivity index (χ1) is 16.0. The van der Waals surface area contributed by atoms with Gasteiger partial charge in [0.15, 0.2) is 0 Å². The molecule has 2 amide bonds. The van der Waals surface area contributed by atoms with Gasteiger partial charge < -0.3 is 9.80 Å². The third-order valence-electron chi connectivity index (χ3n) is 6.54. The molecule has 0 N–H and O–H groups in total. The van der Waals surface area contributed by atoms with Crippen LogP contribution in [0, 0.1) is 6.92 Å². The fourth-order valence-corrected chi connectivity index (χ4v) is 5.87. The normalized spacial score (nSPS) is 17.3. The maximum absolute atomic E-state index is 13.2. The molecule has 0 unspecified atom stereocenters. The third-order valence-corrected chi connectivity index (χ3v) is 7.93.